The molecule has 2 fully saturated rings. The fourth-order valence-corrected chi connectivity index (χ4v) is 3.81. The number of nitrogens with zero attached hydrogens (tertiary/aromatic N) is 3. The van der Waals surface area contributed by atoms with Gasteiger partial charge in [-0.2, -0.15) is 0 Å². The van der Waals surface area contributed by atoms with Gasteiger partial charge < -0.3 is 20.4 Å². The zero-order chi connectivity index (χ0) is 16.4. The maximum Gasteiger partial charge on any atom is 0.227 e. The van der Waals surface area contributed by atoms with Crippen LogP contribution in [0, 0.1) is 5.92 Å². The molecule has 0 aromatic heterocycles. The predicted molar refractivity (Wildman–Crippen MR) is 94.5 cm³/mol. The van der Waals surface area contributed by atoms with Crippen LogP contribution in [-0.4, -0.2) is 62.0 Å². The van der Waals surface area contributed by atoms with E-state index in [1.54, 1.807) is 0 Å². The van der Waals surface area contributed by atoms with E-state index in [1.807, 2.05) is 24.1 Å². The fraction of sp³-hybridized carbons (Fsp3) is 0.611. The van der Waals surface area contributed by atoms with Crippen molar-refractivity contribution in [1.29, 1.82) is 0 Å². The van der Waals surface area contributed by atoms with Crippen LogP contribution in [-0.2, 0) is 4.79 Å². The Labute approximate surface area is 139 Å². The number of benzene rings is 1. The topological polar surface area (TPSA) is 52.8 Å². The van der Waals surface area contributed by atoms with Crippen LogP contribution in [0.2, 0.25) is 0 Å². The molecule has 0 bridgehead atoms. The first-order valence-electron chi connectivity index (χ1n) is 8.60. The zero-order valence-corrected chi connectivity index (χ0v) is 14.2. The SMILES string of the molecule is CN1CCCC(C(=O)N(C)[C@@H]2CCN(c3ccc(N)cc3)C2)C1. The monoisotopic (exact) mass is 316 g/mol. The van der Waals surface area contributed by atoms with Crippen molar-refractivity contribution in [3.63, 3.8) is 0 Å². The van der Waals surface area contributed by atoms with Gasteiger partial charge in [0, 0.05) is 38.1 Å². The number of amides is 1. The maximum atomic E-state index is 12.8. The molecule has 2 heterocycles. The third-order valence-corrected chi connectivity index (χ3v) is 5.29. The Morgan fingerprint density at radius 3 is 2.61 bits per heavy atom. The van der Waals surface area contributed by atoms with Crippen molar-refractivity contribution in [2.45, 2.75) is 25.3 Å². The summed E-state index contributed by atoms with van der Waals surface area (Å²) in [5.74, 6) is 0.491. The summed E-state index contributed by atoms with van der Waals surface area (Å²) < 4.78 is 0. The van der Waals surface area contributed by atoms with Crippen molar-refractivity contribution < 1.29 is 4.79 Å². The second kappa shape index (κ2) is 6.79. The van der Waals surface area contributed by atoms with Crippen LogP contribution in [0.4, 0.5) is 11.4 Å². The number of piperidine rings is 1. The van der Waals surface area contributed by atoms with Gasteiger partial charge >= 0.3 is 0 Å². The minimum Gasteiger partial charge on any atom is -0.399 e. The lowest BCUT2D eigenvalue weighted by Gasteiger charge is -2.34. The van der Waals surface area contributed by atoms with Crippen molar-refractivity contribution >= 4 is 17.3 Å². The van der Waals surface area contributed by atoms with Crippen molar-refractivity contribution in [3.8, 4) is 0 Å². The van der Waals surface area contributed by atoms with Crippen LogP contribution in [0.1, 0.15) is 19.3 Å². The summed E-state index contributed by atoms with van der Waals surface area (Å²) in [6.45, 7) is 3.92. The summed E-state index contributed by atoms with van der Waals surface area (Å²) in [7, 11) is 4.09. The first-order chi connectivity index (χ1) is 11.0. The number of likely N-dealkylation sites (N-methyl/N-ethyl adjacent to an activating group) is 1. The molecule has 1 amide bonds. The molecule has 5 heteroatoms. The Hall–Kier alpha value is -1.75. The third-order valence-electron chi connectivity index (χ3n) is 5.29. The number of carbonyl (C=O) groups excluding carboxylic acids is 1. The van der Waals surface area contributed by atoms with Gasteiger partial charge in [-0.25, -0.2) is 0 Å². The molecule has 1 aromatic carbocycles. The number of rotatable bonds is 3. The Morgan fingerprint density at radius 1 is 1.17 bits per heavy atom. The molecule has 1 aromatic rings. The molecule has 3 rings (SSSR count). The largest absolute Gasteiger partial charge is 0.399 e. The van der Waals surface area contributed by atoms with E-state index in [0.29, 0.717) is 11.9 Å². The van der Waals surface area contributed by atoms with E-state index in [2.05, 4.69) is 29.0 Å². The lowest BCUT2D eigenvalue weighted by Crippen LogP contribution is -2.46. The zero-order valence-electron chi connectivity index (χ0n) is 14.2. The highest BCUT2D eigenvalue weighted by molar-refractivity contribution is 5.79. The molecule has 2 atom stereocenters. The molecule has 2 N–H and O–H groups in total. The van der Waals surface area contributed by atoms with E-state index in [4.69, 9.17) is 5.73 Å². The molecule has 23 heavy (non-hydrogen) atoms. The first-order valence-corrected chi connectivity index (χ1v) is 8.60. The lowest BCUT2D eigenvalue weighted by atomic mass is 9.96. The molecule has 126 valence electrons. The lowest BCUT2D eigenvalue weighted by molar-refractivity contribution is -0.137. The van der Waals surface area contributed by atoms with Crippen LogP contribution in [0.3, 0.4) is 0 Å². The number of hydrogen-bond acceptors (Lipinski definition) is 4. The molecule has 5 nitrogen and oxygen atoms in total. The van der Waals surface area contributed by atoms with Crippen LogP contribution < -0.4 is 10.6 Å². The highest BCUT2D eigenvalue weighted by atomic mass is 16.2. The molecule has 1 unspecified atom stereocenters. The van der Waals surface area contributed by atoms with E-state index in [9.17, 15) is 4.79 Å². The van der Waals surface area contributed by atoms with Crippen molar-refractivity contribution in [3.05, 3.63) is 24.3 Å². The standard InChI is InChI=1S/C18H28N4O/c1-20-10-3-4-14(12-20)18(23)21(2)17-9-11-22(13-17)16-7-5-15(19)6-8-16/h5-8,14,17H,3-4,9-13,19H2,1-2H3/t14?,17-/m1/s1. The smallest absolute Gasteiger partial charge is 0.227 e. The Bertz CT molecular complexity index is 544. The van der Waals surface area contributed by atoms with Gasteiger partial charge in [0.1, 0.15) is 0 Å². The van der Waals surface area contributed by atoms with Gasteiger partial charge in [-0.3, -0.25) is 4.79 Å². The number of carbonyl (C=O) groups is 1. The molecule has 2 saturated heterocycles. The summed E-state index contributed by atoms with van der Waals surface area (Å²) in [5, 5.41) is 0. The summed E-state index contributed by atoms with van der Waals surface area (Å²) >= 11 is 0. The quantitative estimate of drug-likeness (QED) is 0.862. The predicted octanol–water partition coefficient (Wildman–Crippen LogP) is 1.65. The highest BCUT2D eigenvalue weighted by Gasteiger charge is 2.33. The van der Waals surface area contributed by atoms with E-state index in [-0.39, 0.29) is 5.92 Å². The first kappa shape index (κ1) is 16.1. The number of nitrogens with two attached hydrogens (primary N) is 1. The molecule has 0 spiro atoms. The Kier molecular flexibility index (Phi) is 4.76. The summed E-state index contributed by atoms with van der Waals surface area (Å²) in [6, 6.07) is 8.32. The molecule has 2 aliphatic rings. The van der Waals surface area contributed by atoms with Gasteiger partial charge in [-0.15, -0.1) is 0 Å². The number of anilines is 2. The van der Waals surface area contributed by atoms with E-state index >= 15 is 0 Å². The Morgan fingerprint density at radius 2 is 1.91 bits per heavy atom. The van der Waals surface area contributed by atoms with E-state index in [1.165, 1.54) is 5.69 Å². The van der Waals surface area contributed by atoms with Crippen LogP contribution in [0.15, 0.2) is 24.3 Å². The van der Waals surface area contributed by atoms with Gasteiger partial charge in [0.15, 0.2) is 0 Å². The van der Waals surface area contributed by atoms with Gasteiger partial charge in [-0.1, -0.05) is 0 Å². The molecular weight excluding hydrogens is 288 g/mol. The van der Waals surface area contributed by atoms with Crippen molar-refractivity contribution in [2.24, 2.45) is 5.92 Å². The van der Waals surface area contributed by atoms with Gasteiger partial charge in [0.05, 0.1) is 12.0 Å². The minimum atomic E-state index is 0.171. The summed E-state index contributed by atoms with van der Waals surface area (Å²) in [5.41, 5.74) is 7.74. The number of likely N-dealkylation sites (tertiary alicyclic amines) is 1. The Balaban J connectivity index is 1.59. The van der Waals surface area contributed by atoms with Crippen LogP contribution >= 0.6 is 0 Å². The molecule has 0 radical (unpaired) electrons. The van der Waals surface area contributed by atoms with Gasteiger partial charge in [0.2, 0.25) is 5.91 Å². The van der Waals surface area contributed by atoms with Gasteiger partial charge in [-0.05, 0) is 57.1 Å². The van der Waals surface area contributed by atoms with E-state index in [0.717, 1.165) is 51.1 Å². The van der Waals surface area contributed by atoms with E-state index < -0.39 is 0 Å². The summed E-state index contributed by atoms with van der Waals surface area (Å²) in [6.07, 6.45) is 3.19. The third kappa shape index (κ3) is 3.61. The van der Waals surface area contributed by atoms with Gasteiger partial charge in [0.25, 0.3) is 0 Å². The van der Waals surface area contributed by atoms with Crippen LogP contribution in [0.5, 0.6) is 0 Å². The van der Waals surface area contributed by atoms with Crippen molar-refractivity contribution in [1.82, 2.24) is 9.80 Å². The number of hydrogen-bond donors (Lipinski definition) is 1. The maximum absolute atomic E-state index is 12.8. The molecular formula is C18H28N4O. The summed E-state index contributed by atoms with van der Waals surface area (Å²) in [4.78, 5) is 19.4. The highest BCUT2D eigenvalue weighted by Crippen LogP contribution is 2.25. The minimum absolute atomic E-state index is 0.171. The second-order valence-electron chi connectivity index (χ2n) is 7.03. The average molecular weight is 316 g/mol. The second-order valence-corrected chi connectivity index (χ2v) is 7.03. The molecule has 0 saturated carbocycles. The molecule has 0 aliphatic carbocycles. The average Bonchev–Trinajstić information content (AvgIpc) is 3.04. The van der Waals surface area contributed by atoms with Crippen molar-refractivity contribution in [2.75, 3.05) is 50.9 Å². The normalized spacial score (nSPS) is 25.6. The number of nitrogen functional groups attached to an aromatic ring is 1. The fourth-order valence-electron chi connectivity index (χ4n) is 3.81. The molecule has 2 aliphatic heterocycles. The van der Waals surface area contributed by atoms with Crippen LogP contribution in [0.25, 0.3) is 0 Å².